The lowest BCUT2D eigenvalue weighted by molar-refractivity contribution is -0.144. The third-order valence-electron chi connectivity index (χ3n) is 2.17. The number of hydrogen-bond donors (Lipinski definition) is 1. The van der Waals surface area contributed by atoms with Crippen LogP contribution in [0, 0.1) is 0 Å². The van der Waals surface area contributed by atoms with Crippen molar-refractivity contribution in [2.75, 3.05) is 7.11 Å². The van der Waals surface area contributed by atoms with Gasteiger partial charge in [-0.15, -0.1) is 0 Å². The monoisotopic (exact) mass is 228 g/mol. The third-order valence-corrected chi connectivity index (χ3v) is 2.42. The molecule has 0 aliphatic carbocycles. The van der Waals surface area contributed by atoms with Crippen molar-refractivity contribution in [3.63, 3.8) is 0 Å². The van der Waals surface area contributed by atoms with E-state index in [0.717, 1.165) is 0 Å². The third kappa shape index (κ3) is 2.94. The first-order valence-electron chi connectivity index (χ1n) is 4.57. The van der Waals surface area contributed by atoms with Gasteiger partial charge in [0, 0.05) is 5.02 Å². The molecule has 1 aromatic carbocycles. The van der Waals surface area contributed by atoms with Crippen LogP contribution in [0.3, 0.4) is 0 Å². The van der Waals surface area contributed by atoms with Crippen molar-refractivity contribution in [1.82, 2.24) is 0 Å². The van der Waals surface area contributed by atoms with Crippen LogP contribution in [0.15, 0.2) is 24.3 Å². The Bertz CT molecular complexity index is 332. The van der Waals surface area contributed by atoms with E-state index in [9.17, 15) is 9.90 Å². The average molecular weight is 229 g/mol. The lowest BCUT2D eigenvalue weighted by Crippen LogP contribution is -2.24. The van der Waals surface area contributed by atoms with E-state index in [1.807, 2.05) is 0 Å². The van der Waals surface area contributed by atoms with Crippen molar-refractivity contribution in [2.24, 2.45) is 0 Å². The molecule has 1 aromatic rings. The fourth-order valence-corrected chi connectivity index (χ4v) is 1.53. The molecule has 2 unspecified atom stereocenters. The van der Waals surface area contributed by atoms with Crippen LogP contribution in [-0.4, -0.2) is 24.3 Å². The number of benzene rings is 1. The Kier molecular flexibility index (Phi) is 4.12. The van der Waals surface area contributed by atoms with Crippen LogP contribution in [0.25, 0.3) is 0 Å². The first kappa shape index (κ1) is 12.0. The maximum absolute atomic E-state index is 11.4. The number of halogens is 1. The number of ether oxygens (including phenoxy) is 1. The normalized spacial score (nSPS) is 14.4. The fraction of sp³-hybridized carbons (Fsp3) is 0.364. The van der Waals surface area contributed by atoms with Crippen molar-refractivity contribution < 1.29 is 14.6 Å². The van der Waals surface area contributed by atoms with Gasteiger partial charge in [-0.05, 0) is 24.6 Å². The molecule has 0 amide bonds. The van der Waals surface area contributed by atoms with Crippen molar-refractivity contribution >= 4 is 17.6 Å². The molecule has 0 heterocycles. The molecule has 0 saturated carbocycles. The number of carbonyl (C=O) groups is 1. The van der Waals surface area contributed by atoms with E-state index >= 15 is 0 Å². The van der Waals surface area contributed by atoms with Crippen LogP contribution in [0.5, 0.6) is 0 Å². The van der Waals surface area contributed by atoms with E-state index in [0.29, 0.717) is 10.6 Å². The smallest absolute Gasteiger partial charge is 0.315 e. The second-order valence-corrected chi connectivity index (χ2v) is 3.73. The van der Waals surface area contributed by atoms with Gasteiger partial charge in [-0.25, -0.2) is 0 Å². The van der Waals surface area contributed by atoms with Gasteiger partial charge in [0.2, 0.25) is 0 Å². The predicted molar refractivity (Wildman–Crippen MR) is 57.9 cm³/mol. The molecule has 82 valence electrons. The van der Waals surface area contributed by atoms with Gasteiger partial charge in [-0.2, -0.15) is 0 Å². The molecule has 0 saturated heterocycles. The van der Waals surface area contributed by atoms with Crippen LogP contribution in [-0.2, 0) is 9.53 Å². The van der Waals surface area contributed by atoms with Gasteiger partial charge < -0.3 is 9.84 Å². The molecular weight excluding hydrogens is 216 g/mol. The summed E-state index contributed by atoms with van der Waals surface area (Å²) >= 11 is 5.73. The first-order chi connectivity index (χ1) is 7.06. The average Bonchev–Trinajstić information content (AvgIpc) is 2.20. The lowest BCUT2D eigenvalue weighted by atomic mass is 9.94. The molecule has 0 aliphatic heterocycles. The standard InChI is InChI=1S/C11H13ClO3/c1-7(13)10(11(14)15-2)8-3-5-9(12)6-4-8/h3-7,10,13H,1-2H3. The fourth-order valence-electron chi connectivity index (χ4n) is 1.41. The van der Waals surface area contributed by atoms with Gasteiger partial charge in [0.05, 0.1) is 13.2 Å². The number of aliphatic hydroxyl groups is 1. The van der Waals surface area contributed by atoms with Crippen molar-refractivity contribution in [3.8, 4) is 0 Å². The molecule has 1 rings (SSSR count). The molecule has 3 nitrogen and oxygen atoms in total. The van der Waals surface area contributed by atoms with Gasteiger partial charge in [0.25, 0.3) is 0 Å². The second-order valence-electron chi connectivity index (χ2n) is 3.29. The SMILES string of the molecule is COC(=O)C(c1ccc(Cl)cc1)C(C)O. The summed E-state index contributed by atoms with van der Waals surface area (Å²) in [5.41, 5.74) is 0.696. The van der Waals surface area contributed by atoms with Crippen molar-refractivity contribution in [2.45, 2.75) is 18.9 Å². The van der Waals surface area contributed by atoms with Gasteiger partial charge in [0.15, 0.2) is 0 Å². The van der Waals surface area contributed by atoms with E-state index < -0.39 is 18.0 Å². The topological polar surface area (TPSA) is 46.5 Å². The first-order valence-corrected chi connectivity index (χ1v) is 4.95. The van der Waals surface area contributed by atoms with E-state index in [-0.39, 0.29) is 0 Å². The van der Waals surface area contributed by atoms with Crippen LogP contribution < -0.4 is 0 Å². The Labute approximate surface area is 93.6 Å². The largest absolute Gasteiger partial charge is 0.468 e. The number of hydrogen-bond acceptors (Lipinski definition) is 3. The number of methoxy groups -OCH3 is 1. The minimum atomic E-state index is -0.793. The Morgan fingerprint density at radius 3 is 2.33 bits per heavy atom. The number of aliphatic hydroxyl groups excluding tert-OH is 1. The molecule has 0 radical (unpaired) electrons. The number of esters is 1. The summed E-state index contributed by atoms with van der Waals surface area (Å²) < 4.78 is 4.63. The van der Waals surface area contributed by atoms with Crippen LogP contribution in [0.2, 0.25) is 5.02 Å². The summed E-state index contributed by atoms with van der Waals surface area (Å²) in [4.78, 5) is 11.4. The molecule has 4 heteroatoms. The van der Waals surface area contributed by atoms with E-state index in [2.05, 4.69) is 4.74 Å². The van der Waals surface area contributed by atoms with Gasteiger partial charge in [0.1, 0.15) is 5.92 Å². The number of rotatable bonds is 3. The van der Waals surface area contributed by atoms with Crippen molar-refractivity contribution in [1.29, 1.82) is 0 Å². The molecule has 0 aliphatic rings. The van der Waals surface area contributed by atoms with Crippen LogP contribution >= 0.6 is 11.6 Å². The summed E-state index contributed by atoms with van der Waals surface area (Å²) in [6, 6.07) is 6.76. The Morgan fingerprint density at radius 1 is 1.40 bits per heavy atom. The highest BCUT2D eigenvalue weighted by atomic mass is 35.5. The lowest BCUT2D eigenvalue weighted by Gasteiger charge is -2.17. The van der Waals surface area contributed by atoms with E-state index in [1.54, 1.807) is 31.2 Å². The molecule has 15 heavy (non-hydrogen) atoms. The van der Waals surface area contributed by atoms with Gasteiger partial charge >= 0.3 is 5.97 Å². The minimum Gasteiger partial charge on any atom is -0.468 e. The van der Waals surface area contributed by atoms with E-state index in [4.69, 9.17) is 11.6 Å². The second kappa shape index (κ2) is 5.14. The van der Waals surface area contributed by atoms with Crippen LogP contribution in [0.1, 0.15) is 18.4 Å². The summed E-state index contributed by atoms with van der Waals surface area (Å²) in [7, 11) is 1.30. The quantitative estimate of drug-likeness (QED) is 0.805. The van der Waals surface area contributed by atoms with E-state index in [1.165, 1.54) is 7.11 Å². The maximum atomic E-state index is 11.4. The van der Waals surface area contributed by atoms with Crippen molar-refractivity contribution in [3.05, 3.63) is 34.9 Å². The number of carbonyl (C=O) groups excluding carboxylic acids is 1. The molecule has 0 aromatic heterocycles. The Morgan fingerprint density at radius 2 is 1.93 bits per heavy atom. The summed E-state index contributed by atoms with van der Waals surface area (Å²) in [6.07, 6.45) is -0.793. The Balaban J connectivity index is 2.99. The molecule has 1 N–H and O–H groups in total. The highest BCUT2D eigenvalue weighted by Gasteiger charge is 2.26. The summed E-state index contributed by atoms with van der Waals surface area (Å²) in [5, 5.41) is 10.1. The van der Waals surface area contributed by atoms with Gasteiger partial charge in [-0.1, -0.05) is 23.7 Å². The maximum Gasteiger partial charge on any atom is 0.315 e. The summed E-state index contributed by atoms with van der Waals surface area (Å²) in [6.45, 7) is 1.55. The molecule has 0 spiro atoms. The molecule has 0 bridgehead atoms. The molecule has 2 atom stereocenters. The predicted octanol–water partition coefficient (Wildman–Crippen LogP) is 1.98. The zero-order valence-corrected chi connectivity index (χ0v) is 9.36. The van der Waals surface area contributed by atoms with Gasteiger partial charge in [-0.3, -0.25) is 4.79 Å². The minimum absolute atomic E-state index is 0.452. The molecule has 0 fully saturated rings. The Hall–Kier alpha value is -1.06. The zero-order chi connectivity index (χ0) is 11.4. The molecular formula is C11H13ClO3. The van der Waals surface area contributed by atoms with Crippen LogP contribution in [0.4, 0.5) is 0 Å². The highest BCUT2D eigenvalue weighted by Crippen LogP contribution is 2.22. The highest BCUT2D eigenvalue weighted by molar-refractivity contribution is 6.30. The summed E-state index contributed by atoms with van der Waals surface area (Å²) in [5.74, 6) is -1.11. The zero-order valence-electron chi connectivity index (χ0n) is 8.61.